The molecule has 176 valence electrons. The van der Waals surface area contributed by atoms with Gasteiger partial charge in [-0.25, -0.2) is 14.4 Å². The standard InChI is InChI=1S/C28H26FN5O/c1-2-16-34-26(31-24-9-7-15-30-27(24)34)20-33(19-21-11-13-22(29)14-12-21)28(35)23-8-3-4-10-25(23)32-17-5-6-18-32/h3-15,17-18H,2,16,19-20H2,1H3. The van der Waals surface area contributed by atoms with Gasteiger partial charge in [0.2, 0.25) is 0 Å². The number of carbonyl (C=O) groups excluding carboxylic acids is 1. The molecule has 0 saturated carbocycles. The predicted octanol–water partition coefficient (Wildman–Crippen LogP) is 5.61. The van der Waals surface area contributed by atoms with Crippen LogP contribution in [0.25, 0.3) is 16.9 Å². The molecule has 5 aromatic rings. The number of halogens is 1. The van der Waals surface area contributed by atoms with Crippen molar-refractivity contribution in [2.75, 3.05) is 0 Å². The lowest BCUT2D eigenvalue weighted by molar-refractivity contribution is 0.0723. The fourth-order valence-corrected chi connectivity index (χ4v) is 4.31. The van der Waals surface area contributed by atoms with Crippen molar-refractivity contribution in [1.82, 2.24) is 24.0 Å². The van der Waals surface area contributed by atoms with E-state index in [0.29, 0.717) is 18.7 Å². The number of rotatable bonds is 8. The lowest BCUT2D eigenvalue weighted by Gasteiger charge is -2.24. The van der Waals surface area contributed by atoms with Crippen LogP contribution in [0, 0.1) is 5.82 Å². The number of benzene rings is 2. The summed E-state index contributed by atoms with van der Waals surface area (Å²) in [4.78, 5) is 25.1. The molecule has 3 aromatic heterocycles. The molecule has 0 N–H and O–H groups in total. The van der Waals surface area contributed by atoms with Crippen LogP contribution in [0.3, 0.4) is 0 Å². The minimum Gasteiger partial charge on any atom is -0.327 e. The van der Waals surface area contributed by atoms with Crippen molar-refractivity contribution < 1.29 is 9.18 Å². The maximum Gasteiger partial charge on any atom is 0.256 e. The molecule has 0 bridgehead atoms. The van der Waals surface area contributed by atoms with Gasteiger partial charge in [-0.1, -0.05) is 31.2 Å². The van der Waals surface area contributed by atoms with Crippen molar-refractivity contribution in [3.05, 3.63) is 114 Å². The van der Waals surface area contributed by atoms with Crippen molar-refractivity contribution in [1.29, 1.82) is 0 Å². The number of amides is 1. The third kappa shape index (κ3) is 4.71. The van der Waals surface area contributed by atoms with Gasteiger partial charge >= 0.3 is 0 Å². The van der Waals surface area contributed by atoms with Crippen LogP contribution >= 0.6 is 0 Å². The summed E-state index contributed by atoms with van der Waals surface area (Å²) in [5.41, 5.74) is 3.84. The van der Waals surface area contributed by atoms with Gasteiger partial charge in [0, 0.05) is 31.7 Å². The lowest BCUT2D eigenvalue weighted by atomic mass is 10.1. The van der Waals surface area contributed by atoms with Gasteiger partial charge in [0.05, 0.1) is 17.8 Å². The Hall–Kier alpha value is -4.26. The van der Waals surface area contributed by atoms with Gasteiger partial charge in [0.1, 0.15) is 17.2 Å². The van der Waals surface area contributed by atoms with E-state index in [0.717, 1.165) is 41.2 Å². The van der Waals surface area contributed by atoms with E-state index in [4.69, 9.17) is 4.98 Å². The Morgan fingerprint density at radius 3 is 2.49 bits per heavy atom. The zero-order chi connectivity index (χ0) is 24.2. The van der Waals surface area contributed by atoms with E-state index in [1.807, 2.05) is 65.5 Å². The molecule has 0 aliphatic rings. The third-order valence-corrected chi connectivity index (χ3v) is 5.95. The van der Waals surface area contributed by atoms with E-state index in [-0.39, 0.29) is 11.7 Å². The average Bonchev–Trinajstić information content (AvgIpc) is 3.54. The van der Waals surface area contributed by atoms with Crippen molar-refractivity contribution in [2.45, 2.75) is 33.0 Å². The molecule has 0 aliphatic heterocycles. The first kappa shape index (κ1) is 22.5. The monoisotopic (exact) mass is 467 g/mol. The van der Waals surface area contributed by atoms with Crippen LogP contribution in [0.5, 0.6) is 0 Å². The van der Waals surface area contributed by atoms with Crippen LogP contribution in [0.1, 0.15) is 35.1 Å². The van der Waals surface area contributed by atoms with Crippen molar-refractivity contribution in [3.8, 4) is 5.69 Å². The summed E-state index contributed by atoms with van der Waals surface area (Å²) >= 11 is 0. The van der Waals surface area contributed by atoms with Gasteiger partial charge < -0.3 is 14.0 Å². The molecule has 1 amide bonds. The molecular weight excluding hydrogens is 441 g/mol. The van der Waals surface area contributed by atoms with Gasteiger partial charge in [0.15, 0.2) is 5.65 Å². The topological polar surface area (TPSA) is 56.0 Å². The van der Waals surface area contributed by atoms with E-state index < -0.39 is 0 Å². The van der Waals surface area contributed by atoms with Gasteiger partial charge in [-0.15, -0.1) is 0 Å². The molecule has 5 rings (SSSR count). The third-order valence-electron chi connectivity index (χ3n) is 5.95. The lowest BCUT2D eigenvalue weighted by Crippen LogP contribution is -2.32. The molecule has 6 nitrogen and oxygen atoms in total. The number of imidazole rings is 1. The minimum atomic E-state index is -0.305. The summed E-state index contributed by atoms with van der Waals surface area (Å²) in [6.07, 6.45) is 6.51. The molecule has 0 saturated heterocycles. The van der Waals surface area contributed by atoms with Crippen LogP contribution < -0.4 is 0 Å². The Morgan fingerprint density at radius 2 is 1.71 bits per heavy atom. The highest BCUT2D eigenvalue weighted by molar-refractivity contribution is 5.97. The van der Waals surface area contributed by atoms with Crippen molar-refractivity contribution in [2.24, 2.45) is 0 Å². The average molecular weight is 468 g/mol. The predicted molar refractivity (Wildman–Crippen MR) is 134 cm³/mol. The molecule has 0 unspecified atom stereocenters. The molecule has 0 spiro atoms. The minimum absolute atomic E-state index is 0.123. The van der Waals surface area contributed by atoms with Gasteiger partial charge in [-0.2, -0.15) is 0 Å². The second-order valence-electron chi connectivity index (χ2n) is 8.42. The van der Waals surface area contributed by atoms with Crippen molar-refractivity contribution >= 4 is 17.1 Å². The maximum absolute atomic E-state index is 14.0. The van der Waals surface area contributed by atoms with Crippen LogP contribution in [0.15, 0.2) is 91.4 Å². The Balaban J connectivity index is 1.56. The number of hydrogen-bond acceptors (Lipinski definition) is 3. The highest BCUT2D eigenvalue weighted by Crippen LogP contribution is 2.22. The zero-order valence-electron chi connectivity index (χ0n) is 19.5. The molecule has 3 heterocycles. The summed E-state index contributed by atoms with van der Waals surface area (Å²) < 4.78 is 17.6. The summed E-state index contributed by atoms with van der Waals surface area (Å²) in [7, 11) is 0. The number of hydrogen-bond donors (Lipinski definition) is 0. The van der Waals surface area contributed by atoms with Gasteiger partial charge in [-0.3, -0.25) is 4.79 Å². The molecule has 2 aromatic carbocycles. The molecule has 35 heavy (non-hydrogen) atoms. The summed E-state index contributed by atoms with van der Waals surface area (Å²) in [6, 6.07) is 21.5. The summed E-state index contributed by atoms with van der Waals surface area (Å²) in [6.45, 7) is 3.48. The molecule has 0 fully saturated rings. The highest BCUT2D eigenvalue weighted by Gasteiger charge is 2.23. The SMILES string of the molecule is CCCn1c(CN(Cc2ccc(F)cc2)C(=O)c2ccccc2-n2cccc2)nc2cccnc21. The van der Waals surface area contributed by atoms with E-state index in [2.05, 4.69) is 16.5 Å². The Bertz CT molecular complexity index is 1440. The number of fused-ring (bicyclic) bond motifs is 1. The van der Waals surface area contributed by atoms with Crippen LogP contribution in [0.4, 0.5) is 4.39 Å². The number of aromatic nitrogens is 4. The molecule has 0 radical (unpaired) electrons. The zero-order valence-corrected chi connectivity index (χ0v) is 19.5. The number of aryl methyl sites for hydroxylation is 1. The Kier molecular flexibility index (Phi) is 6.39. The summed E-state index contributed by atoms with van der Waals surface area (Å²) in [5.74, 6) is 0.344. The fraction of sp³-hybridized carbons (Fsp3) is 0.179. The van der Waals surface area contributed by atoms with E-state index in [9.17, 15) is 9.18 Å². The maximum atomic E-state index is 14.0. The fourth-order valence-electron chi connectivity index (χ4n) is 4.31. The number of pyridine rings is 1. The quantitative estimate of drug-likeness (QED) is 0.298. The number of para-hydroxylation sites is 1. The highest BCUT2D eigenvalue weighted by atomic mass is 19.1. The van der Waals surface area contributed by atoms with Crippen LogP contribution in [-0.2, 0) is 19.6 Å². The number of carbonyl (C=O) groups is 1. The smallest absolute Gasteiger partial charge is 0.256 e. The molecule has 0 atom stereocenters. The van der Waals surface area contributed by atoms with E-state index >= 15 is 0 Å². The second kappa shape index (κ2) is 9.93. The van der Waals surface area contributed by atoms with E-state index in [1.165, 1.54) is 12.1 Å². The summed E-state index contributed by atoms with van der Waals surface area (Å²) in [5, 5.41) is 0. The molecule has 0 aliphatic carbocycles. The first-order valence-corrected chi connectivity index (χ1v) is 11.7. The van der Waals surface area contributed by atoms with Gasteiger partial charge in [0.25, 0.3) is 5.91 Å². The number of nitrogens with zero attached hydrogens (tertiary/aromatic N) is 5. The first-order valence-electron chi connectivity index (χ1n) is 11.7. The molecule has 7 heteroatoms. The Morgan fingerprint density at radius 1 is 0.943 bits per heavy atom. The Labute approximate surface area is 203 Å². The largest absolute Gasteiger partial charge is 0.327 e. The van der Waals surface area contributed by atoms with Crippen LogP contribution in [-0.4, -0.2) is 29.9 Å². The van der Waals surface area contributed by atoms with Crippen molar-refractivity contribution in [3.63, 3.8) is 0 Å². The van der Waals surface area contributed by atoms with E-state index in [1.54, 1.807) is 23.2 Å². The van der Waals surface area contributed by atoms with Gasteiger partial charge in [-0.05, 0) is 60.5 Å². The molecular formula is C28H26FN5O. The second-order valence-corrected chi connectivity index (χ2v) is 8.42. The normalized spacial score (nSPS) is 11.1. The van der Waals surface area contributed by atoms with Crippen LogP contribution in [0.2, 0.25) is 0 Å². The first-order chi connectivity index (χ1) is 17.1.